The Morgan fingerprint density at radius 3 is 2.50 bits per heavy atom. The van der Waals surface area contributed by atoms with Gasteiger partial charge in [-0.1, -0.05) is 12.8 Å². The smallest absolute Gasteiger partial charge is 0.242 e. The van der Waals surface area contributed by atoms with E-state index in [-0.39, 0.29) is 17.9 Å². The molecule has 1 aliphatic rings. The number of aliphatic hydroxyl groups is 1. The van der Waals surface area contributed by atoms with Gasteiger partial charge in [-0.05, 0) is 19.8 Å². The highest BCUT2D eigenvalue weighted by atomic mass is 16.3. The van der Waals surface area contributed by atoms with Crippen LogP contribution in [0.25, 0.3) is 0 Å². The molecule has 3 atom stereocenters. The van der Waals surface area contributed by atoms with E-state index in [0.29, 0.717) is 0 Å². The number of nitrogens with one attached hydrogen (secondary N) is 2. The number of carbonyl (C=O) groups is 2. The van der Waals surface area contributed by atoms with Crippen LogP contribution in [0.15, 0.2) is 0 Å². The van der Waals surface area contributed by atoms with Crippen LogP contribution in [0.5, 0.6) is 0 Å². The number of hydrogen-bond donors (Lipinski definition) is 3. The summed E-state index contributed by atoms with van der Waals surface area (Å²) in [6, 6.07) is -0.718. The Hall–Kier alpha value is -1.10. The monoisotopic (exact) mass is 228 g/mol. The van der Waals surface area contributed by atoms with Crippen molar-refractivity contribution in [3.63, 3.8) is 0 Å². The van der Waals surface area contributed by atoms with Gasteiger partial charge >= 0.3 is 0 Å². The average molecular weight is 228 g/mol. The molecule has 0 aliphatic heterocycles. The van der Waals surface area contributed by atoms with Crippen LogP contribution in [0.2, 0.25) is 0 Å². The summed E-state index contributed by atoms with van der Waals surface area (Å²) >= 11 is 0. The summed E-state index contributed by atoms with van der Waals surface area (Å²) in [6.45, 7) is 3.01. The minimum Gasteiger partial charge on any atom is -0.391 e. The summed E-state index contributed by atoms with van der Waals surface area (Å²) in [6.07, 6.45) is 3.12. The summed E-state index contributed by atoms with van der Waals surface area (Å²) in [4.78, 5) is 22.4. The number of amides is 2. The Labute approximate surface area is 95.6 Å². The molecular weight excluding hydrogens is 208 g/mol. The third kappa shape index (κ3) is 3.81. The van der Waals surface area contributed by atoms with Crippen molar-refractivity contribution in [3.8, 4) is 0 Å². The van der Waals surface area contributed by atoms with Crippen LogP contribution in [0, 0.1) is 0 Å². The van der Waals surface area contributed by atoms with Crippen molar-refractivity contribution in [2.75, 3.05) is 0 Å². The lowest BCUT2D eigenvalue weighted by molar-refractivity contribution is -0.128. The molecule has 0 spiro atoms. The van der Waals surface area contributed by atoms with Gasteiger partial charge in [0.2, 0.25) is 11.8 Å². The molecule has 16 heavy (non-hydrogen) atoms. The molecule has 92 valence electrons. The molecule has 0 aromatic carbocycles. The Bertz CT molecular complexity index is 268. The third-order valence-electron chi connectivity index (χ3n) is 2.87. The molecule has 1 fully saturated rings. The molecule has 1 saturated carbocycles. The van der Waals surface area contributed by atoms with E-state index < -0.39 is 12.1 Å². The molecule has 1 rings (SSSR count). The summed E-state index contributed by atoms with van der Waals surface area (Å²) in [5.41, 5.74) is 0. The first-order valence-corrected chi connectivity index (χ1v) is 5.76. The van der Waals surface area contributed by atoms with Crippen molar-refractivity contribution >= 4 is 11.8 Å². The quantitative estimate of drug-likeness (QED) is 0.632. The predicted octanol–water partition coefficient (Wildman–Crippen LogP) is -0.0693. The Morgan fingerprint density at radius 1 is 1.31 bits per heavy atom. The van der Waals surface area contributed by atoms with E-state index in [4.69, 9.17) is 0 Å². The molecule has 0 heterocycles. The molecule has 0 radical (unpaired) electrons. The molecule has 5 heteroatoms. The number of carbonyl (C=O) groups excluding carboxylic acids is 2. The SMILES string of the molecule is CC(=O)NC(C)C(=O)NC1CCCCC1O. The lowest BCUT2D eigenvalue weighted by Crippen LogP contribution is -2.51. The standard InChI is InChI=1S/C11H20N2O3/c1-7(12-8(2)14)11(16)13-9-5-3-4-6-10(9)15/h7,9-10,15H,3-6H2,1-2H3,(H,12,14)(H,13,16). The normalized spacial score (nSPS) is 26.9. The Kier molecular flexibility index (Phi) is 4.73. The molecule has 2 amide bonds. The predicted molar refractivity (Wildman–Crippen MR) is 59.7 cm³/mol. The minimum atomic E-state index is -0.549. The number of aliphatic hydroxyl groups excluding tert-OH is 1. The van der Waals surface area contributed by atoms with Gasteiger partial charge in [0, 0.05) is 6.92 Å². The second-order valence-electron chi connectivity index (χ2n) is 4.39. The Morgan fingerprint density at radius 2 is 1.94 bits per heavy atom. The van der Waals surface area contributed by atoms with Crippen molar-refractivity contribution in [2.24, 2.45) is 0 Å². The van der Waals surface area contributed by atoms with Crippen molar-refractivity contribution in [1.29, 1.82) is 0 Å². The van der Waals surface area contributed by atoms with Gasteiger partial charge < -0.3 is 15.7 Å². The van der Waals surface area contributed by atoms with Gasteiger partial charge in [-0.3, -0.25) is 9.59 Å². The summed E-state index contributed by atoms with van der Waals surface area (Å²) < 4.78 is 0. The fourth-order valence-electron chi connectivity index (χ4n) is 1.96. The fourth-order valence-corrected chi connectivity index (χ4v) is 1.96. The maximum atomic E-state index is 11.7. The van der Waals surface area contributed by atoms with E-state index in [1.54, 1.807) is 6.92 Å². The van der Waals surface area contributed by atoms with Gasteiger partial charge in [0.25, 0.3) is 0 Å². The second-order valence-corrected chi connectivity index (χ2v) is 4.39. The highest BCUT2D eigenvalue weighted by molar-refractivity contribution is 5.86. The van der Waals surface area contributed by atoms with Gasteiger partial charge in [0.1, 0.15) is 6.04 Å². The first kappa shape index (κ1) is 13.0. The lowest BCUT2D eigenvalue weighted by Gasteiger charge is -2.29. The maximum absolute atomic E-state index is 11.7. The molecule has 5 nitrogen and oxygen atoms in total. The lowest BCUT2D eigenvalue weighted by atomic mass is 9.92. The molecular formula is C11H20N2O3. The average Bonchev–Trinajstić information content (AvgIpc) is 2.20. The van der Waals surface area contributed by atoms with Gasteiger partial charge in [0.05, 0.1) is 12.1 Å². The van der Waals surface area contributed by atoms with Crippen LogP contribution in [-0.4, -0.2) is 35.1 Å². The van der Waals surface area contributed by atoms with E-state index in [0.717, 1.165) is 25.7 Å². The molecule has 0 bridgehead atoms. The van der Waals surface area contributed by atoms with E-state index in [1.165, 1.54) is 6.92 Å². The fraction of sp³-hybridized carbons (Fsp3) is 0.818. The topological polar surface area (TPSA) is 78.4 Å². The zero-order valence-electron chi connectivity index (χ0n) is 9.82. The molecule has 0 saturated heterocycles. The van der Waals surface area contributed by atoms with Crippen LogP contribution in [0.3, 0.4) is 0 Å². The summed E-state index contributed by atoms with van der Waals surface area (Å²) in [5, 5.41) is 15.0. The van der Waals surface area contributed by atoms with Gasteiger partial charge in [-0.2, -0.15) is 0 Å². The van der Waals surface area contributed by atoms with Crippen molar-refractivity contribution in [3.05, 3.63) is 0 Å². The first-order valence-electron chi connectivity index (χ1n) is 5.76. The first-order chi connectivity index (χ1) is 7.50. The van der Waals surface area contributed by atoms with Crippen molar-refractivity contribution in [1.82, 2.24) is 10.6 Å². The van der Waals surface area contributed by atoms with Crippen LogP contribution in [0.1, 0.15) is 39.5 Å². The zero-order valence-corrected chi connectivity index (χ0v) is 9.82. The minimum absolute atomic E-state index is 0.169. The second kappa shape index (κ2) is 5.84. The van der Waals surface area contributed by atoms with Crippen LogP contribution in [0.4, 0.5) is 0 Å². The van der Waals surface area contributed by atoms with Crippen LogP contribution in [-0.2, 0) is 9.59 Å². The number of rotatable bonds is 3. The highest BCUT2D eigenvalue weighted by Crippen LogP contribution is 2.18. The third-order valence-corrected chi connectivity index (χ3v) is 2.87. The molecule has 1 aliphatic carbocycles. The van der Waals surface area contributed by atoms with Gasteiger partial charge in [-0.25, -0.2) is 0 Å². The van der Waals surface area contributed by atoms with Crippen molar-refractivity contribution in [2.45, 2.75) is 57.7 Å². The van der Waals surface area contributed by atoms with Gasteiger partial charge in [-0.15, -0.1) is 0 Å². The molecule has 3 N–H and O–H groups in total. The summed E-state index contributed by atoms with van der Waals surface area (Å²) in [5.74, 6) is -0.465. The molecule has 0 aromatic rings. The molecule has 0 aromatic heterocycles. The zero-order chi connectivity index (χ0) is 12.1. The summed E-state index contributed by atoms with van der Waals surface area (Å²) in [7, 11) is 0. The Balaban J connectivity index is 2.40. The van der Waals surface area contributed by atoms with E-state index in [2.05, 4.69) is 10.6 Å². The van der Waals surface area contributed by atoms with E-state index in [1.807, 2.05) is 0 Å². The van der Waals surface area contributed by atoms with Crippen LogP contribution >= 0.6 is 0 Å². The van der Waals surface area contributed by atoms with Crippen LogP contribution < -0.4 is 10.6 Å². The van der Waals surface area contributed by atoms with Crippen molar-refractivity contribution < 1.29 is 14.7 Å². The van der Waals surface area contributed by atoms with E-state index in [9.17, 15) is 14.7 Å². The molecule has 3 unspecified atom stereocenters. The number of hydrogen-bond acceptors (Lipinski definition) is 3. The largest absolute Gasteiger partial charge is 0.391 e. The maximum Gasteiger partial charge on any atom is 0.242 e. The highest BCUT2D eigenvalue weighted by Gasteiger charge is 2.26. The van der Waals surface area contributed by atoms with E-state index >= 15 is 0 Å². The van der Waals surface area contributed by atoms with Gasteiger partial charge in [0.15, 0.2) is 0 Å².